The van der Waals surface area contributed by atoms with Gasteiger partial charge in [-0.15, -0.1) is 0 Å². The van der Waals surface area contributed by atoms with E-state index in [1.807, 2.05) is 13.8 Å². The van der Waals surface area contributed by atoms with Gasteiger partial charge in [0.1, 0.15) is 5.76 Å². The third kappa shape index (κ3) is 3.61. The lowest BCUT2D eigenvalue weighted by molar-refractivity contribution is -0.134. The molecule has 0 heterocycles. The summed E-state index contributed by atoms with van der Waals surface area (Å²) in [6.07, 6.45) is 0. The highest BCUT2D eigenvalue weighted by atomic mass is 16.5. The van der Waals surface area contributed by atoms with Crippen LogP contribution in [0.5, 0.6) is 0 Å². The van der Waals surface area contributed by atoms with Gasteiger partial charge in [-0.3, -0.25) is 0 Å². The summed E-state index contributed by atoms with van der Waals surface area (Å²) in [5.74, 6) is 0.869. The van der Waals surface area contributed by atoms with Gasteiger partial charge in [0, 0.05) is 11.5 Å². The molecule has 2 nitrogen and oxygen atoms in total. The number of carbonyl (C=O) groups is 1. The second-order valence-electron chi connectivity index (χ2n) is 2.59. The van der Waals surface area contributed by atoms with Gasteiger partial charge in [-0.25, -0.2) is 4.79 Å². The first-order valence-electron chi connectivity index (χ1n) is 3.32. The maximum atomic E-state index is 10.9. The van der Waals surface area contributed by atoms with Crippen molar-refractivity contribution in [1.29, 1.82) is 0 Å². The van der Waals surface area contributed by atoms with Gasteiger partial charge in [0.25, 0.3) is 0 Å². The smallest absolute Gasteiger partial charge is 0.338 e. The molecule has 11 heavy (non-hydrogen) atoms. The second-order valence-corrected chi connectivity index (χ2v) is 2.59. The van der Waals surface area contributed by atoms with Gasteiger partial charge in [0.15, 0.2) is 0 Å². The molecule has 0 N–H and O–H groups in total. The average molecular weight is 153 g/mol. The molecule has 0 fully saturated rings. The van der Waals surface area contributed by atoms with Crippen LogP contribution >= 0.6 is 0 Å². The number of carbonyl (C=O) groups excluding carboxylic acids is 1. The van der Waals surface area contributed by atoms with Crippen LogP contribution in [0.4, 0.5) is 0 Å². The third-order valence-corrected chi connectivity index (χ3v) is 1.12. The van der Waals surface area contributed by atoms with E-state index in [-0.39, 0.29) is 0 Å². The largest absolute Gasteiger partial charge is 0.428 e. The normalized spacial score (nSPS) is 9.45. The maximum Gasteiger partial charge on any atom is 0.338 e. The quantitative estimate of drug-likeness (QED) is 0.353. The number of hydrogen-bond acceptors (Lipinski definition) is 2. The van der Waals surface area contributed by atoms with Crippen LogP contribution in [0.2, 0.25) is 0 Å². The van der Waals surface area contributed by atoms with Crippen LogP contribution < -0.4 is 0 Å². The fourth-order valence-electron chi connectivity index (χ4n) is 0.301. The molecule has 0 unspecified atom stereocenters. The highest BCUT2D eigenvalue weighted by Crippen LogP contribution is 2.11. The Balaban J connectivity index is 3.96. The Bertz CT molecular complexity index is 190. The average Bonchev–Trinajstić information content (AvgIpc) is 1.87. The van der Waals surface area contributed by atoms with Crippen LogP contribution in [0.1, 0.15) is 20.8 Å². The lowest BCUT2D eigenvalue weighted by atomic mass is 10.2. The van der Waals surface area contributed by atoms with Gasteiger partial charge < -0.3 is 4.74 Å². The van der Waals surface area contributed by atoms with E-state index in [0.717, 1.165) is 5.92 Å². The molecule has 0 amide bonds. The molecule has 0 bridgehead atoms. The molecule has 2 heteroatoms. The fraction of sp³-hybridized carbons (Fsp3) is 0.333. The SMILES string of the molecule is C=C(OC(=O)C(=C)C)[C](C)C. The van der Waals surface area contributed by atoms with Crippen LogP contribution in [0.3, 0.4) is 0 Å². The summed E-state index contributed by atoms with van der Waals surface area (Å²) in [4.78, 5) is 10.9. The van der Waals surface area contributed by atoms with Crippen LogP contribution in [-0.4, -0.2) is 5.97 Å². The summed E-state index contributed by atoms with van der Waals surface area (Å²) in [5, 5.41) is 0. The van der Waals surface area contributed by atoms with Gasteiger partial charge in [-0.1, -0.05) is 27.0 Å². The zero-order chi connectivity index (χ0) is 9.02. The number of esters is 1. The topological polar surface area (TPSA) is 26.3 Å². The number of allylic oxidation sites excluding steroid dienone is 1. The highest BCUT2D eigenvalue weighted by Gasteiger charge is 2.08. The Labute approximate surface area is 67.6 Å². The summed E-state index contributed by atoms with van der Waals surface area (Å²) in [6, 6.07) is 0. The Hall–Kier alpha value is -1.05. The first-order valence-corrected chi connectivity index (χ1v) is 3.32. The van der Waals surface area contributed by atoms with Crippen molar-refractivity contribution in [3.8, 4) is 0 Å². The van der Waals surface area contributed by atoms with Gasteiger partial charge in [-0.05, 0) is 6.92 Å². The minimum Gasteiger partial charge on any atom is -0.428 e. The summed E-state index contributed by atoms with van der Waals surface area (Å²) in [5.41, 5.74) is 0.382. The molecule has 0 saturated carbocycles. The van der Waals surface area contributed by atoms with Crippen LogP contribution in [0.25, 0.3) is 0 Å². The monoisotopic (exact) mass is 153 g/mol. The Kier molecular flexibility index (Phi) is 3.58. The minimum atomic E-state index is -0.420. The lowest BCUT2D eigenvalue weighted by Gasteiger charge is -2.08. The molecular formula is C9H13O2. The minimum absolute atomic E-state index is 0.382. The van der Waals surface area contributed by atoms with Crippen molar-refractivity contribution in [3.05, 3.63) is 30.4 Å². The molecule has 0 aliphatic carbocycles. The summed E-state index contributed by atoms with van der Waals surface area (Å²) >= 11 is 0. The predicted octanol–water partition coefficient (Wildman–Crippen LogP) is 2.23. The van der Waals surface area contributed by atoms with Crippen LogP contribution in [-0.2, 0) is 9.53 Å². The van der Waals surface area contributed by atoms with Crippen LogP contribution in [0, 0.1) is 5.92 Å². The molecule has 0 atom stereocenters. The van der Waals surface area contributed by atoms with E-state index in [1.165, 1.54) is 0 Å². The summed E-state index contributed by atoms with van der Waals surface area (Å²) in [6.45, 7) is 12.3. The molecule has 0 rings (SSSR count). The molecule has 0 spiro atoms. The highest BCUT2D eigenvalue weighted by molar-refractivity contribution is 5.87. The van der Waals surface area contributed by atoms with Crippen molar-refractivity contribution >= 4 is 5.97 Å². The van der Waals surface area contributed by atoms with Crippen LogP contribution in [0.15, 0.2) is 24.5 Å². The van der Waals surface area contributed by atoms with Crippen molar-refractivity contribution in [2.45, 2.75) is 20.8 Å². The molecule has 1 radical (unpaired) electrons. The molecule has 61 valence electrons. The predicted molar refractivity (Wildman–Crippen MR) is 44.6 cm³/mol. The van der Waals surface area contributed by atoms with Crippen molar-refractivity contribution < 1.29 is 9.53 Å². The van der Waals surface area contributed by atoms with Gasteiger partial charge >= 0.3 is 5.97 Å². The molecule has 0 aromatic carbocycles. The van der Waals surface area contributed by atoms with Crippen molar-refractivity contribution in [3.63, 3.8) is 0 Å². The number of hydrogen-bond donors (Lipinski definition) is 0. The van der Waals surface area contributed by atoms with Crippen molar-refractivity contribution in [2.24, 2.45) is 0 Å². The van der Waals surface area contributed by atoms with Gasteiger partial charge in [0.05, 0.1) is 0 Å². The Morgan fingerprint density at radius 1 is 1.18 bits per heavy atom. The maximum absolute atomic E-state index is 10.9. The van der Waals surface area contributed by atoms with Gasteiger partial charge in [0.2, 0.25) is 0 Å². The van der Waals surface area contributed by atoms with E-state index in [4.69, 9.17) is 4.74 Å². The van der Waals surface area contributed by atoms with E-state index in [0.29, 0.717) is 11.3 Å². The Morgan fingerprint density at radius 2 is 1.64 bits per heavy atom. The van der Waals surface area contributed by atoms with E-state index in [1.54, 1.807) is 6.92 Å². The third-order valence-electron chi connectivity index (χ3n) is 1.12. The first kappa shape index (κ1) is 9.95. The standard InChI is InChI=1S/C9H13O2/c1-6(2)8(5)11-9(10)7(3)4/h3,5H2,1-2,4H3. The molecule has 0 aromatic rings. The fourth-order valence-corrected chi connectivity index (χ4v) is 0.301. The molecule has 0 saturated heterocycles. The van der Waals surface area contributed by atoms with E-state index >= 15 is 0 Å². The summed E-state index contributed by atoms with van der Waals surface area (Å²) < 4.78 is 4.80. The zero-order valence-electron chi connectivity index (χ0n) is 7.23. The first-order chi connectivity index (χ1) is 4.95. The van der Waals surface area contributed by atoms with Crippen molar-refractivity contribution in [2.75, 3.05) is 0 Å². The zero-order valence-corrected chi connectivity index (χ0v) is 7.23. The van der Waals surface area contributed by atoms with Gasteiger partial charge in [-0.2, -0.15) is 0 Å². The second kappa shape index (κ2) is 3.96. The van der Waals surface area contributed by atoms with E-state index < -0.39 is 5.97 Å². The molecule has 0 aliphatic rings. The van der Waals surface area contributed by atoms with E-state index in [2.05, 4.69) is 13.2 Å². The number of rotatable bonds is 3. The van der Waals surface area contributed by atoms with E-state index in [9.17, 15) is 4.79 Å². The summed E-state index contributed by atoms with van der Waals surface area (Å²) in [7, 11) is 0. The molecule has 0 aromatic heterocycles. The van der Waals surface area contributed by atoms with Crippen molar-refractivity contribution in [1.82, 2.24) is 0 Å². The lowest BCUT2D eigenvalue weighted by Crippen LogP contribution is -2.06. The Morgan fingerprint density at radius 3 is 1.91 bits per heavy atom. The molecular weight excluding hydrogens is 140 g/mol. The number of ether oxygens (including phenoxy) is 1. The molecule has 0 aliphatic heterocycles.